The molecule has 0 aliphatic heterocycles. The number of benzene rings is 1. The van der Waals surface area contributed by atoms with Crippen LogP contribution in [-0.4, -0.2) is 13.7 Å². The first-order valence-corrected chi connectivity index (χ1v) is 8.69. The largest absolute Gasteiger partial charge is 0.496 e. The molecular weight excluding hydrogens is 258 g/mol. The summed E-state index contributed by atoms with van der Waals surface area (Å²) >= 11 is 0. The van der Waals surface area contributed by atoms with Gasteiger partial charge in [0, 0.05) is 17.5 Å². The average molecular weight is 287 g/mol. The van der Waals surface area contributed by atoms with Crippen molar-refractivity contribution in [1.29, 1.82) is 0 Å². The van der Waals surface area contributed by atoms with E-state index in [1.165, 1.54) is 75.3 Å². The fourth-order valence-corrected chi connectivity index (χ4v) is 4.34. The quantitative estimate of drug-likeness (QED) is 0.849. The highest BCUT2D eigenvalue weighted by Gasteiger charge is 2.35. The van der Waals surface area contributed by atoms with Crippen LogP contribution >= 0.6 is 0 Å². The molecule has 1 fully saturated rings. The zero-order valence-corrected chi connectivity index (χ0v) is 13.4. The van der Waals surface area contributed by atoms with E-state index in [0.717, 1.165) is 12.3 Å². The number of ether oxygens (including phenoxy) is 1. The predicted octanol–water partition coefficient (Wildman–Crippen LogP) is 4.12. The van der Waals surface area contributed by atoms with Crippen molar-refractivity contribution >= 4 is 0 Å². The van der Waals surface area contributed by atoms with Gasteiger partial charge in [-0.15, -0.1) is 0 Å². The molecule has 0 aromatic heterocycles. The minimum absolute atomic E-state index is 0.158. The second-order valence-corrected chi connectivity index (χ2v) is 6.93. The Labute approximate surface area is 129 Å². The highest BCUT2D eigenvalue weighted by atomic mass is 16.5. The lowest BCUT2D eigenvalue weighted by Crippen LogP contribution is -2.37. The van der Waals surface area contributed by atoms with Gasteiger partial charge in [0.2, 0.25) is 0 Å². The van der Waals surface area contributed by atoms with E-state index in [2.05, 4.69) is 12.1 Å². The summed E-state index contributed by atoms with van der Waals surface area (Å²) in [6, 6.07) is 4.78. The third-order valence-electron chi connectivity index (χ3n) is 5.69. The summed E-state index contributed by atoms with van der Waals surface area (Å²) in [5.74, 6) is 1.09. The molecule has 116 valence electrons. The summed E-state index contributed by atoms with van der Waals surface area (Å²) in [7, 11) is 1.81. The van der Waals surface area contributed by atoms with Crippen molar-refractivity contribution in [3.05, 3.63) is 28.8 Å². The molecule has 0 atom stereocenters. The third kappa shape index (κ3) is 2.83. The number of nitrogens with two attached hydrogens (primary N) is 1. The lowest BCUT2D eigenvalue weighted by atomic mass is 9.68. The standard InChI is InChI=1S/C19H29NO/c1-21-18-13-16-9-5-2-4-8-15(16)12-17(18)19(14-20)10-6-3-7-11-19/h12-13H,2-11,14,20H2,1H3. The van der Waals surface area contributed by atoms with Crippen LogP contribution in [0.1, 0.15) is 68.1 Å². The summed E-state index contributed by atoms with van der Waals surface area (Å²) in [6.45, 7) is 0.752. The minimum Gasteiger partial charge on any atom is -0.496 e. The fraction of sp³-hybridized carbons (Fsp3) is 0.684. The molecule has 3 rings (SSSR count). The molecule has 1 saturated carbocycles. The maximum absolute atomic E-state index is 6.25. The van der Waals surface area contributed by atoms with E-state index in [9.17, 15) is 0 Å². The van der Waals surface area contributed by atoms with E-state index in [1.54, 1.807) is 5.56 Å². The molecule has 2 aliphatic carbocycles. The van der Waals surface area contributed by atoms with Gasteiger partial charge in [-0.1, -0.05) is 31.7 Å². The Balaban J connectivity index is 2.05. The lowest BCUT2D eigenvalue weighted by Gasteiger charge is -2.38. The lowest BCUT2D eigenvalue weighted by molar-refractivity contribution is 0.287. The molecule has 0 radical (unpaired) electrons. The van der Waals surface area contributed by atoms with Crippen LogP contribution in [0, 0.1) is 0 Å². The molecule has 0 bridgehead atoms. The monoisotopic (exact) mass is 287 g/mol. The van der Waals surface area contributed by atoms with Gasteiger partial charge >= 0.3 is 0 Å². The first-order chi connectivity index (χ1) is 10.3. The number of hydrogen-bond donors (Lipinski definition) is 1. The van der Waals surface area contributed by atoms with E-state index in [-0.39, 0.29) is 5.41 Å². The van der Waals surface area contributed by atoms with E-state index in [1.807, 2.05) is 7.11 Å². The number of fused-ring (bicyclic) bond motifs is 1. The zero-order chi connectivity index (χ0) is 14.7. The Hall–Kier alpha value is -1.02. The van der Waals surface area contributed by atoms with Gasteiger partial charge in [-0.2, -0.15) is 0 Å². The highest BCUT2D eigenvalue weighted by molar-refractivity contribution is 5.48. The van der Waals surface area contributed by atoms with Crippen molar-refractivity contribution in [2.45, 2.75) is 69.6 Å². The Kier molecular flexibility index (Phi) is 4.54. The summed E-state index contributed by atoms with van der Waals surface area (Å²) in [5.41, 5.74) is 10.9. The van der Waals surface area contributed by atoms with Crippen molar-refractivity contribution < 1.29 is 4.74 Å². The SMILES string of the molecule is COc1cc2c(cc1C1(CN)CCCCC1)CCCCC2. The topological polar surface area (TPSA) is 35.2 Å². The molecule has 0 amide bonds. The molecule has 2 heteroatoms. The molecule has 2 aliphatic rings. The van der Waals surface area contributed by atoms with Gasteiger partial charge in [0.05, 0.1) is 7.11 Å². The van der Waals surface area contributed by atoms with Gasteiger partial charge in [0.25, 0.3) is 0 Å². The summed E-state index contributed by atoms with van der Waals surface area (Å²) < 4.78 is 5.78. The molecule has 21 heavy (non-hydrogen) atoms. The van der Waals surface area contributed by atoms with Gasteiger partial charge in [0.1, 0.15) is 5.75 Å². The van der Waals surface area contributed by atoms with E-state index >= 15 is 0 Å². The third-order valence-corrected chi connectivity index (χ3v) is 5.69. The Morgan fingerprint density at radius 2 is 1.57 bits per heavy atom. The van der Waals surface area contributed by atoms with Gasteiger partial charge in [-0.25, -0.2) is 0 Å². The van der Waals surface area contributed by atoms with Crippen LogP contribution in [0.15, 0.2) is 12.1 Å². The second-order valence-electron chi connectivity index (χ2n) is 6.93. The first kappa shape index (κ1) is 14.9. The van der Waals surface area contributed by atoms with Gasteiger partial charge in [-0.3, -0.25) is 0 Å². The van der Waals surface area contributed by atoms with Crippen LogP contribution in [-0.2, 0) is 18.3 Å². The maximum Gasteiger partial charge on any atom is 0.122 e. The van der Waals surface area contributed by atoms with Crippen molar-refractivity contribution in [3.63, 3.8) is 0 Å². The summed E-state index contributed by atoms with van der Waals surface area (Å²) in [4.78, 5) is 0. The molecule has 1 aromatic rings. The Bertz CT molecular complexity index is 489. The maximum atomic E-state index is 6.25. The Morgan fingerprint density at radius 3 is 2.19 bits per heavy atom. The fourth-order valence-electron chi connectivity index (χ4n) is 4.34. The zero-order valence-electron chi connectivity index (χ0n) is 13.4. The molecular formula is C19H29NO. The van der Waals surface area contributed by atoms with Crippen molar-refractivity contribution in [1.82, 2.24) is 0 Å². The van der Waals surface area contributed by atoms with Crippen LogP contribution in [0.25, 0.3) is 0 Å². The van der Waals surface area contributed by atoms with Gasteiger partial charge < -0.3 is 10.5 Å². The van der Waals surface area contributed by atoms with E-state index in [0.29, 0.717) is 0 Å². The minimum atomic E-state index is 0.158. The summed E-state index contributed by atoms with van der Waals surface area (Å²) in [5, 5.41) is 0. The number of rotatable bonds is 3. The van der Waals surface area contributed by atoms with Crippen LogP contribution in [0.3, 0.4) is 0 Å². The second kappa shape index (κ2) is 6.39. The predicted molar refractivity (Wildman–Crippen MR) is 88.1 cm³/mol. The number of aryl methyl sites for hydroxylation is 2. The average Bonchev–Trinajstić information content (AvgIpc) is 2.79. The van der Waals surface area contributed by atoms with Crippen LogP contribution in [0.5, 0.6) is 5.75 Å². The van der Waals surface area contributed by atoms with Crippen LogP contribution in [0.2, 0.25) is 0 Å². The molecule has 0 spiro atoms. The molecule has 2 nitrogen and oxygen atoms in total. The van der Waals surface area contributed by atoms with Crippen molar-refractivity contribution in [3.8, 4) is 5.75 Å². The smallest absolute Gasteiger partial charge is 0.122 e. The van der Waals surface area contributed by atoms with Crippen molar-refractivity contribution in [2.24, 2.45) is 5.73 Å². The van der Waals surface area contributed by atoms with E-state index in [4.69, 9.17) is 10.5 Å². The Morgan fingerprint density at radius 1 is 0.952 bits per heavy atom. The molecule has 0 heterocycles. The number of methoxy groups -OCH3 is 1. The first-order valence-electron chi connectivity index (χ1n) is 8.69. The molecule has 2 N–H and O–H groups in total. The van der Waals surface area contributed by atoms with Crippen molar-refractivity contribution in [2.75, 3.05) is 13.7 Å². The molecule has 0 saturated heterocycles. The van der Waals surface area contributed by atoms with E-state index < -0.39 is 0 Å². The highest BCUT2D eigenvalue weighted by Crippen LogP contribution is 2.44. The summed E-state index contributed by atoms with van der Waals surface area (Å²) in [6.07, 6.45) is 12.8. The van der Waals surface area contributed by atoms with Gasteiger partial charge in [-0.05, 0) is 55.7 Å². The van der Waals surface area contributed by atoms with Crippen LogP contribution < -0.4 is 10.5 Å². The molecule has 1 aromatic carbocycles. The number of hydrogen-bond acceptors (Lipinski definition) is 2. The normalized spacial score (nSPS) is 21.4. The molecule has 0 unspecified atom stereocenters. The van der Waals surface area contributed by atoms with Crippen LogP contribution in [0.4, 0.5) is 0 Å². The van der Waals surface area contributed by atoms with Gasteiger partial charge in [0.15, 0.2) is 0 Å².